The number of fused-ring (bicyclic) bond motifs is 1. The van der Waals surface area contributed by atoms with Crippen LogP contribution in [0.15, 0.2) is 49.6 Å². The van der Waals surface area contributed by atoms with Crippen LogP contribution in [0.25, 0.3) is 0 Å². The summed E-state index contributed by atoms with van der Waals surface area (Å²) in [4.78, 5) is 47.0. The fraction of sp³-hybridized carbons (Fsp3) is 0.552. The number of hydrogen-bond donors (Lipinski definition) is 1. The van der Waals surface area contributed by atoms with Crippen molar-refractivity contribution in [3.05, 3.63) is 49.6 Å². The summed E-state index contributed by atoms with van der Waals surface area (Å²) in [6, 6.07) is 5.48. The van der Waals surface area contributed by atoms with Gasteiger partial charge in [-0.25, -0.2) is 0 Å². The van der Waals surface area contributed by atoms with Crippen molar-refractivity contribution in [2.24, 2.45) is 11.8 Å². The number of hydrogen-bond acceptors (Lipinski definition) is 6. The molecule has 3 heterocycles. The molecular weight excluding hydrogens is 486 g/mol. The Morgan fingerprint density at radius 1 is 1.24 bits per heavy atom. The molecule has 3 amide bonds. The quantitative estimate of drug-likeness (QED) is 0.421. The van der Waals surface area contributed by atoms with Crippen molar-refractivity contribution in [2.45, 2.75) is 56.9 Å². The third-order valence-corrected chi connectivity index (χ3v) is 8.11. The lowest BCUT2D eigenvalue weighted by molar-refractivity contribution is -0.147. The minimum atomic E-state index is -1.14. The summed E-state index contributed by atoms with van der Waals surface area (Å²) in [5.74, 6) is -1.59. The van der Waals surface area contributed by atoms with E-state index in [1.54, 1.807) is 60.3 Å². The molecule has 1 aromatic carbocycles. The lowest BCUT2D eigenvalue weighted by Gasteiger charge is -2.38. The van der Waals surface area contributed by atoms with E-state index in [4.69, 9.17) is 9.47 Å². The fourth-order valence-corrected chi connectivity index (χ4v) is 6.50. The minimum absolute atomic E-state index is 0.139. The third-order valence-electron chi connectivity index (χ3n) is 8.11. The van der Waals surface area contributed by atoms with Gasteiger partial charge in [0.2, 0.25) is 11.8 Å². The predicted octanol–water partition coefficient (Wildman–Crippen LogP) is 2.39. The molecule has 4 rings (SSSR count). The number of carbonyl (C=O) groups is 3. The van der Waals surface area contributed by atoms with Crippen LogP contribution >= 0.6 is 0 Å². The molecule has 0 saturated carbocycles. The first-order chi connectivity index (χ1) is 18.3. The Hall–Kier alpha value is -3.17. The van der Waals surface area contributed by atoms with Crippen LogP contribution in [0, 0.1) is 11.8 Å². The van der Waals surface area contributed by atoms with Gasteiger partial charge in [-0.3, -0.25) is 14.4 Å². The van der Waals surface area contributed by atoms with Gasteiger partial charge >= 0.3 is 0 Å². The molecule has 0 aromatic heterocycles. The Morgan fingerprint density at radius 2 is 1.92 bits per heavy atom. The molecule has 9 heteroatoms. The van der Waals surface area contributed by atoms with Gasteiger partial charge in [0.15, 0.2) is 0 Å². The van der Waals surface area contributed by atoms with Crippen molar-refractivity contribution in [1.82, 2.24) is 9.80 Å². The number of ether oxygens (including phenoxy) is 2. The number of nitrogens with zero attached hydrogens (tertiary/aromatic N) is 3. The summed E-state index contributed by atoms with van der Waals surface area (Å²) in [5.41, 5.74) is -0.513. The molecular formula is C29H39N3O6. The minimum Gasteiger partial charge on any atom is -0.497 e. The summed E-state index contributed by atoms with van der Waals surface area (Å²) in [7, 11) is 1.57. The smallest absolute Gasteiger partial charge is 0.253 e. The maximum atomic E-state index is 14.4. The second-order valence-electron chi connectivity index (χ2n) is 10.3. The monoisotopic (exact) mass is 525 g/mol. The molecule has 38 heavy (non-hydrogen) atoms. The molecule has 3 saturated heterocycles. The predicted molar refractivity (Wildman–Crippen MR) is 144 cm³/mol. The van der Waals surface area contributed by atoms with E-state index < -0.39 is 35.6 Å². The maximum absolute atomic E-state index is 14.4. The molecule has 206 valence electrons. The zero-order valence-corrected chi connectivity index (χ0v) is 22.5. The van der Waals surface area contributed by atoms with Crippen LogP contribution in [0.2, 0.25) is 0 Å². The van der Waals surface area contributed by atoms with Gasteiger partial charge in [-0.2, -0.15) is 0 Å². The van der Waals surface area contributed by atoms with Gasteiger partial charge in [0, 0.05) is 25.3 Å². The topological polar surface area (TPSA) is 99.6 Å². The highest BCUT2D eigenvalue weighted by Gasteiger charge is 2.75. The summed E-state index contributed by atoms with van der Waals surface area (Å²) in [6.45, 7) is 12.1. The van der Waals surface area contributed by atoms with Crippen molar-refractivity contribution < 1.29 is 29.0 Å². The van der Waals surface area contributed by atoms with Crippen molar-refractivity contribution in [3.8, 4) is 5.75 Å². The van der Waals surface area contributed by atoms with Gasteiger partial charge in [0.05, 0.1) is 37.7 Å². The molecule has 6 atom stereocenters. The summed E-state index contributed by atoms with van der Waals surface area (Å²) in [6.07, 6.45) is 4.73. The van der Waals surface area contributed by atoms with Gasteiger partial charge < -0.3 is 29.3 Å². The number of methoxy groups -OCH3 is 1. The van der Waals surface area contributed by atoms with E-state index in [0.717, 1.165) is 6.42 Å². The first kappa shape index (κ1) is 27.9. The summed E-state index contributed by atoms with van der Waals surface area (Å²) < 4.78 is 11.8. The SMILES string of the molecule is C=CCN(CCC)C(=O)[C@@H]1[C@@H]2CCC3(O2)C(C(=O)N(CC=C)c2ccc(OC)cc2)N([C@H](C)CO)C(=O)[C@H]13. The number of likely N-dealkylation sites (tertiary alicyclic amines) is 1. The van der Waals surface area contributed by atoms with E-state index in [2.05, 4.69) is 13.2 Å². The Kier molecular flexibility index (Phi) is 8.28. The molecule has 3 aliphatic rings. The number of anilines is 1. The summed E-state index contributed by atoms with van der Waals surface area (Å²) in [5, 5.41) is 10.1. The first-order valence-electron chi connectivity index (χ1n) is 13.4. The van der Waals surface area contributed by atoms with Crippen molar-refractivity contribution >= 4 is 23.4 Å². The average Bonchev–Trinajstić information content (AvgIpc) is 3.58. The molecule has 9 nitrogen and oxygen atoms in total. The molecule has 2 bridgehead atoms. The molecule has 1 spiro atoms. The number of rotatable bonds is 12. The molecule has 2 unspecified atom stereocenters. The zero-order valence-electron chi connectivity index (χ0n) is 22.5. The Labute approximate surface area is 224 Å². The van der Waals surface area contributed by atoms with E-state index in [-0.39, 0.29) is 30.9 Å². The maximum Gasteiger partial charge on any atom is 0.253 e. The van der Waals surface area contributed by atoms with Gasteiger partial charge in [0.25, 0.3) is 5.91 Å². The van der Waals surface area contributed by atoms with Crippen LogP contribution in [0.1, 0.15) is 33.1 Å². The zero-order chi connectivity index (χ0) is 27.6. The van der Waals surface area contributed by atoms with Crippen LogP contribution in [-0.2, 0) is 19.1 Å². The second-order valence-corrected chi connectivity index (χ2v) is 10.3. The number of aliphatic hydroxyl groups is 1. The number of benzene rings is 1. The molecule has 0 radical (unpaired) electrons. The lowest BCUT2D eigenvalue weighted by Crippen LogP contribution is -2.58. The highest BCUT2D eigenvalue weighted by atomic mass is 16.5. The lowest BCUT2D eigenvalue weighted by atomic mass is 9.70. The first-order valence-corrected chi connectivity index (χ1v) is 13.4. The fourth-order valence-electron chi connectivity index (χ4n) is 6.50. The Balaban J connectivity index is 1.76. The number of carbonyl (C=O) groups excluding carboxylic acids is 3. The van der Waals surface area contributed by atoms with E-state index in [1.165, 1.54) is 4.90 Å². The largest absolute Gasteiger partial charge is 0.497 e. The number of aliphatic hydroxyl groups excluding tert-OH is 1. The second kappa shape index (κ2) is 11.3. The van der Waals surface area contributed by atoms with E-state index in [9.17, 15) is 19.5 Å². The van der Waals surface area contributed by atoms with Crippen molar-refractivity contribution in [1.29, 1.82) is 0 Å². The standard InChI is InChI=1S/C29H39N3O6/c1-6-15-30(16-7-2)26(34)23-22-13-14-29(38-22)24(23)27(35)32(19(4)18-33)25(29)28(36)31(17-8-3)20-9-11-21(37-5)12-10-20/h6,8-12,19,22-25,33H,1,3,7,13-18H2,2,4-5H3/t19-,22+,23-,24+,25?,29?/m1/s1. The van der Waals surface area contributed by atoms with Crippen LogP contribution in [0.5, 0.6) is 5.75 Å². The molecule has 1 N–H and O–H groups in total. The van der Waals surface area contributed by atoms with Crippen molar-refractivity contribution in [2.75, 3.05) is 38.3 Å². The average molecular weight is 526 g/mol. The van der Waals surface area contributed by atoms with Gasteiger partial charge in [-0.05, 0) is 50.5 Å². The third kappa shape index (κ3) is 4.41. The van der Waals surface area contributed by atoms with Crippen LogP contribution in [-0.4, -0.2) is 89.8 Å². The van der Waals surface area contributed by atoms with E-state index in [1.807, 2.05) is 6.92 Å². The van der Waals surface area contributed by atoms with Crippen LogP contribution < -0.4 is 9.64 Å². The van der Waals surface area contributed by atoms with Gasteiger partial charge in [0.1, 0.15) is 17.4 Å². The number of amides is 3. The summed E-state index contributed by atoms with van der Waals surface area (Å²) >= 11 is 0. The van der Waals surface area contributed by atoms with Crippen molar-refractivity contribution in [3.63, 3.8) is 0 Å². The Morgan fingerprint density at radius 3 is 2.50 bits per heavy atom. The molecule has 3 aliphatic heterocycles. The highest BCUT2D eigenvalue weighted by molar-refractivity contribution is 6.05. The molecule has 1 aromatic rings. The van der Waals surface area contributed by atoms with Gasteiger partial charge in [-0.15, -0.1) is 13.2 Å². The van der Waals surface area contributed by atoms with Crippen LogP contribution in [0.4, 0.5) is 5.69 Å². The molecule has 0 aliphatic carbocycles. The van der Waals surface area contributed by atoms with Crippen LogP contribution in [0.3, 0.4) is 0 Å². The normalized spacial score (nSPS) is 28.1. The highest BCUT2D eigenvalue weighted by Crippen LogP contribution is 2.59. The van der Waals surface area contributed by atoms with E-state index >= 15 is 0 Å². The van der Waals surface area contributed by atoms with E-state index in [0.29, 0.717) is 37.4 Å². The molecule has 3 fully saturated rings. The van der Waals surface area contributed by atoms with Gasteiger partial charge in [-0.1, -0.05) is 19.1 Å². The Bertz CT molecular complexity index is 1070.